The van der Waals surface area contributed by atoms with Crippen molar-refractivity contribution in [2.75, 3.05) is 20.3 Å². The summed E-state index contributed by atoms with van der Waals surface area (Å²) < 4.78 is 12.4. The van der Waals surface area contributed by atoms with Crippen molar-refractivity contribution in [3.8, 4) is 0 Å². The monoisotopic (exact) mass is 270 g/mol. The van der Waals surface area contributed by atoms with E-state index in [0.717, 1.165) is 24.2 Å². The lowest BCUT2D eigenvalue weighted by Gasteiger charge is -2.16. The van der Waals surface area contributed by atoms with Gasteiger partial charge in [-0.1, -0.05) is 13.8 Å². The summed E-state index contributed by atoms with van der Waals surface area (Å²) in [6.07, 6.45) is 1.28. The zero-order valence-electron chi connectivity index (χ0n) is 12.4. The second kappa shape index (κ2) is 8.30. The fourth-order valence-electron chi connectivity index (χ4n) is 1.94. The molecule has 110 valence electrons. The Kier molecular flexibility index (Phi) is 7.05. The molecule has 5 heteroatoms. The Morgan fingerprint density at radius 2 is 2.05 bits per heavy atom. The van der Waals surface area contributed by atoms with Crippen LogP contribution >= 0.6 is 0 Å². The molecule has 0 aliphatic heterocycles. The Bertz CT molecular complexity index is 366. The number of aryl methyl sites for hydroxylation is 2. The van der Waals surface area contributed by atoms with Gasteiger partial charge in [-0.3, -0.25) is 4.68 Å². The average molecular weight is 270 g/mol. The molecule has 0 spiro atoms. The molecule has 0 aromatic carbocycles. The van der Waals surface area contributed by atoms with Gasteiger partial charge >= 0.3 is 0 Å². The van der Waals surface area contributed by atoms with E-state index in [2.05, 4.69) is 25.0 Å². The molecule has 1 aromatic heterocycles. The quantitative estimate of drug-likeness (QED) is 0.737. The van der Waals surface area contributed by atoms with Crippen molar-refractivity contribution in [2.45, 2.75) is 52.4 Å². The van der Waals surface area contributed by atoms with Crippen LogP contribution in [0.2, 0.25) is 0 Å². The van der Waals surface area contributed by atoms with E-state index in [0.29, 0.717) is 19.8 Å². The van der Waals surface area contributed by atoms with E-state index in [-0.39, 0.29) is 6.10 Å². The number of methoxy groups -OCH3 is 1. The molecule has 0 aliphatic rings. The van der Waals surface area contributed by atoms with E-state index in [9.17, 15) is 5.11 Å². The molecular formula is C14H26N2O3. The van der Waals surface area contributed by atoms with Crippen molar-refractivity contribution in [1.29, 1.82) is 0 Å². The number of hydrogen-bond acceptors (Lipinski definition) is 4. The molecule has 0 saturated carbocycles. The first-order valence-electron chi connectivity index (χ1n) is 6.94. The van der Waals surface area contributed by atoms with E-state index >= 15 is 0 Å². The number of nitrogens with zero attached hydrogens (tertiary/aromatic N) is 2. The molecular weight excluding hydrogens is 244 g/mol. The lowest BCUT2D eigenvalue weighted by molar-refractivity contribution is -0.0366. The van der Waals surface area contributed by atoms with E-state index < -0.39 is 6.10 Å². The van der Waals surface area contributed by atoms with E-state index in [1.807, 2.05) is 11.6 Å². The Morgan fingerprint density at radius 3 is 2.63 bits per heavy atom. The molecule has 19 heavy (non-hydrogen) atoms. The average Bonchev–Trinajstić information content (AvgIpc) is 2.79. The van der Waals surface area contributed by atoms with Gasteiger partial charge in [-0.15, -0.1) is 0 Å². The molecule has 1 rings (SSSR count). The fourth-order valence-corrected chi connectivity index (χ4v) is 1.94. The normalized spacial score (nSPS) is 14.6. The maximum Gasteiger partial charge on any atom is 0.0969 e. The minimum atomic E-state index is -0.547. The minimum Gasteiger partial charge on any atom is -0.389 e. The predicted molar refractivity (Wildman–Crippen MR) is 74.3 cm³/mol. The van der Waals surface area contributed by atoms with Crippen molar-refractivity contribution < 1.29 is 14.6 Å². The Morgan fingerprint density at radius 1 is 1.32 bits per heavy atom. The predicted octanol–water partition coefficient (Wildman–Crippen LogP) is 1.42. The van der Waals surface area contributed by atoms with Gasteiger partial charge in [0.25, 0.3) is 0 Å². The molecule has 1 heterocycles. The summed E-state index contributed by atoms with van der Waals surface area (Å²) >= 11 is 0. The number of aromatic nitrogens is 2. The molecule has 0 bridgehead atoms. The van der Waals surface area contributed by atoms with Gasteiger partial charge in [-0.2, -0.15) is 5.10 Å². The minimum absolute atomic E-state index is 0.00544. The SMILES string of the molecule is CCc1cc(CC)n(CC(O)COC(C)COC)n1. The first kappa shape index (κ1) is 16.1. The highest BCUT2D eigenvalue weighted by molar-refractivity contribution is 5.10. The van der Waals surface area contributed by atoms with Crippen LogP contribution in [0.4, 0.5) is 0 Å². The van der Waals surface area contributed by atoms with E-state index in [4.69, 9.17) is 9.47 Å². The van der Waals surface area contributed by atoms with Gasteiger partial charge in [0.05, 0.1) is 37.7 Å². The van der Waals surface area contributed by atoms with Crippen molar-refractivity contribution in [1.82, 2.24) is 9.78 Å². The van der Waals surface area contributed by atoms with Crippen LogP contribution < -0.4 is 0 Å². The van der Waals surface area contributed by atoms with Crippen molar-refractivity contribution in [3.63, 3.8) is 0 Å². The highest BCUT2D eigenvalue weighted by atomic mass is 16.5. The van der Waals surface area contributed by atoms with Crippen LogP contribution in [-0.2, 0) is 28.9 Å². The summed E-state index contributed by atoms with van der Waals surface area (Å²) in [5, 5.41) is 14.5. The van der Waals surface area contributed by atoms with Crippen LogP contribution in [0, 0.1) is 0 Å². The van der Waals surface area contributed by atoms with Crippen LogP contribution in [0.1, 0.15) is 32.2 Å². The second-order valence-corrected chi connectivity index (χ2v) is 4.77. The van der Waals surface area contributed by atoms with Crippen LogP contribution in [0.15, 0.2) is 6.07 Å². The molecule has 0 amide bonds. The second-order valence-electron chi connectivity index (χ2n) is 4.77. The zero-order valence-corrected chi connectivity index (χ0v) is 12.4. The third-order valence-electron chi connectivity index (χ3n) is 3.00. The third kappa shape index (κ3) is 5.30. The molecule has 1 N–H and O–H groups in total. The third-order valence-corrected chi connectivity index (χ3v) is 3.00. The zero-order chi connectivity index (χ0) is 14.3. The number of aliphatic hydroxyl groups is 1. The van der Waals surface area contributed by atoms with Gasteiger partial charge < -0.3 is 14.6 Å². The standard InChI is InChI=1S/C14H26N2O3/c1-5-12-7-13(6-2)16(15-12)8-14(17)10-19-11(3)9-18-4/h7,11,14,17H,5-6,8-10H2,1-4H3. The molecule has 0 aliphatic carbocycles. The van der Waals surface area contributed by atoms with Gasteiger partial charge in [0, 0.05) is 12.8 Å². The van der Waals surface area contributed by atoms with Crippen molar-refractivity contribution >= 4 is 0 Å². The summed E-state index contributed by atoms with van der Waals surface area (Å²) in [6.45, 7) is 7.41. The Balaban J connectivity index is 2.47. The number of rotatable bonds is 9. The molecule has 2 unspecified atom stereocenters. The van der Waals surface area contributed by atoms with Gasteiger partial charge in [0.2, 0.25) is 0 Å². The largest absolute Gasteiger partial charge is 0.389 e. The highest BCUT2D eigenvalue weighted by Crippen LogP contribution is 2.08. The maximum absolute atomic E-state index is 9.99. The van der Waals surface area contributed by atoms with Crippen LogP contribution in [0.3, 0.4) is 0 Å². The number of aliphatic hydroxyl groups excluding tert-OH is 1. The number of ether oxygens (including phenoxy) is 2. The van der Waals surface area contributed by atoms with Gasteiger partial charge in [-0.05, 0) is 25.8 Å². The molecule has 0 fully saturated rings. The number of hydrogen-bond donors (Lipinski definition) is 1. The van der Waals surface area contributed by atoms with Gasteiger partial charge in [0.15, 0.2) is 0 Å². The fraction of sp³-hybridized carbons (Fsp3) is 0.786. The highest BCUT2D eigenvalue weighted by Gasteiger charge is 2.12. The van der Waals surface area contributed by atoms with Gasteiger partial charge in [0.1, 0.15) is 0 Å². The van der Waals surface area contributed by atoms with E-state index in [1.165, 1.54) is 0 Å². The molecule has 0 saturated heterocycles. The molecule has 0 radical (unpaired) electrons. The summed E-state index contributed by atoms with van der Waals surface area (Å²) in [6, 6.07) is 2.10. The lowest BCUT2D eigenvalue weighted by Crippen LogP contribution is -2.27. The summed E-state index contributed by atoms with van der Waals surface area (Å²) in [7, 11) is 1.64. The molecule has 5 nitrogen and oxygen atoms in total. The molecule has 1 aromatic rings. The van der Waals surface area contributed by atoms with Crippen molar-refractivity contribution in [2.24, 2.45) is 0 Å². The van der Waals surface area contributed by atoms with Gasteiger partial charge in [-0.25, -0.2) is 0 Å². The first-order valence-corrected chi connectivity index (χ1v) is 6.94. The maximum atomic E-state index is 9.99. The van der Waals surface area contributed by atoms with E-state index in [1.54, 1.807) is 7.11 Å². The lowest BCUT2D eigenvalue weighted by atomic mass is 10.2. The Labute approximate surface area is 115 Å². The summed E-state index contributed by atoms with van der Waals surface area (Å²) in [5.74, 6) is 0. The summed E-state index contributed by atoms with van der Waals surface area (Å²) in [4.78, 5) is 0. The topological polar surface area (TPSA) is 56.5 Å². The smallest absolute Gasteiger partial charge is 0.0969 e. The van der Waals surface area contributed by atoms with Crippen LogP contribution in [0.25, 0.3) is 0 Å². The first-order chi connectivity index (χ1) is 9.10. The van der Waals surface area contributed by atoms with Crippen LogP contribution in [0.5, 0.6) is 0 Å². The Hall–Kier alpha value is -0.910. The summed E-state index contributed by atoms with van der Waals surface area (Å²) in [5.41, 5.74) is 2.22. The molecule has 2 atom stereocenters. The van der Waals surface area contributed by atoms with Crippen LogP contribution in [-0.4, -0.2) is 47.4 Å². The van der Waals surface area contributed by atoms with Crippen molar-refractivity contribution in [3.05, 3.63) is 17.5 Å².